The van der Waals surface area contributed by atoms with Gasteiger partial charge >= 0.3 is 5.97 Å². The number of aromatic carboxylic acids is 1. The number of carbonyl (C=O) groups is 1. The number of benzene rings is 1. The van der Waals surface area contributed by atoms with Crippen LogP contribution in [-0.4, -0.2) is 41.5 Å². The van der Waals surface area contributed by atoms with E-state index < -0.39 is 26.6 Å². The van der Waals surface area contributed by atoms with Crippen molar-refractivity contribution in [3.8, 4) is 0 Å². The van der Waals surface area contributed by atoms with Crippen LogP contribution in [0.3, 0.4) is 0 Å². The first-order valence-corrected chi connectivity index (χ1v) is 9.59. The zero-order valence-electron chi connectivity index (χ0n) is 11.2. The second kappa shape index (κ2) is 5.98. The molecular formula is C13H14O6S2. The number of hydrogen-bond donors (Lipinski definition) is 1. The van der Waals surface area contributed by atoms with Crippen molar-refractivity contribution in [2.75, 3.05) is 17.8 Å². The fourth-order valence-corrected chi connectivity index (χ4v) is 4.60. The van der Waals surface area contributed by atoms with Gasteiger partial charge in [-0.1, -0.05) is 18.2 Å². The lowest BCUT2D eigenvalue weighted by Gasteiger charge is -2.01. The highest BCUT2D eigenvalue weighted by Crippen LogP contribution is 2.27. The van der Waals surface area contributed by atoms with Gasteiger partial charge in [0.15, 0.2) is 0 Å². The highest BCUT2D eigenvalue weighted by molar-refractivity contribution is 7.92. The van der Waals surface area contributed by atoms with Crippen molar-refractivity contribution in [1.82, 2.24) is 0 Å². The lowest BCUT2D eigenvalue weighted by atomic mass is 10.1. The second-order valence-corrected chi connectivity index (χ2v) is 8.47. The minimum Gasteiger partial charge on any atom is -0.475 e. The van der Waals surface area contributed by atoms with Crippen LogP contribution in [0.1, 0.15) is 16.1 Å². The Balaban J connectivity index is 2.30. The Morgan fingerprint density at radius 2 is 2.00 bits per heavy atom. The first-order valence-electron chi connectivity index (χ1n) is 6.04. The lowest BCUT2D eigenvalue weighted by Crippen LogP contribution is -2.13. The highest BCUT2D eigenvalue weighted by Gasteiger charge is 2.21. The molecule has 0 aliphatic rings. The van der Waals surface area contributed by atoms with Gasteiger partial charge in [-0.25, -0.2) is 13.2 Å². The summed E-state index contributed by atoms with van der Waals surface area (Å²) in [4.78, 5) is 11.2. The molecule has 1 N–H and O–H groups in total. The SMILES string of the molecule is CS(=O)(=O)CCS(=O)Cc1c(C(=O)O)oc2ccccc12. The molecule has 6 nitrogen and oxygen atoms in total. The maximum absolute atomic E-state index is 12.0. The van der Waals surface area contributed by atoms with Crippen molar-refractivity contribution in [1.29, 1.82) is 0 Å². The fraction of sp³-hybridized carbons (Fsp3) is 0.308. The van der Waals surface area contributed by atoms with Gasteiger partial charge in [-0.3, -0.25) is 4.21 Å². The van der Waals surface area contributed by atoms with Gasteiger partial charge < -0.3 is 9.52 Å². The summed E-state index contributed by atoms with van der Waals surface area (Å²) in [7, 11) is -4.68. The first-order chi connectivity index (χ1) is 9.78. The van der Waals surface area contributed by atoms with Crippen LogP contribution in [0.2, 0.25) is 0 Å². The van der Waals surface area contributed by atoms with Gasteiger partial charge in [0, 0.05) is 33.8 Å². The molecule has 0 amide bonds. The Bertz CT molecular complexity index is 803. The molecule has 1 aromatic heterocycles. The molecule has 0 saturated heterocycles. The number of carboxylic acids is 1. The van der Waals surface area contributed by atoms with Gasteiger partial charge in [-0.05, 0) is 6.07 Å². The Morgan fingerprint density at radius 3 is 2.62 bits per heavy atom. The van der Waals surface area contributed by atoms with E-state index in [4.69, 9.17) is 9.52 Å². The Labute approximate surface area is 124 Å². The van der Waals surface area contributed by atoms with Gasteiger partial charge in [0.2, 0.25) is 5.76 Å². The van der Waals surface area contributed by atoms with Crippen LogP contribution in [0.5, 0.6) is 0 Å². The number of para-hydroxylation sites is 1. The fourth-order valence-electron chi connectivity index (χ4n) is 1.89. The van der Waals surface area contributed by atoms with Crippen molar-refractivity contribution in [3.63, 3.8) is 0 Å². The van der Waals surface area contributed by atoms with Crippen LogP contribution in [0, 0.1) is 0 Å². The third kappa shape index (κ3) is 3.92. The van der Waals surface area contributed by atoms with E-state index >= 15 is 0 Å². The maximum atomic E-state index is 12.0. The van der Waals surface area contributed by atoms with Crippen molar-refractivity contribution in [3.05, 3.63) is 35.6 Å². The highest BCUT2D eigenvalue weighted by atomic mass is 32.2. The van der Waals surface area contributed by atoms with Gasteiger partial charge in [-0.15, -0.1) is 0 Å². The molecule has 114 valence electrons. The molecule has 21 heavy (non-hydrogen) atoms. The van der Waals surface area contributed by atoms with E-state index in [0.29, 0.717) is 16.5 Å². The summed E-state index contributed by atoms with van der Waals surface area (Å²) in [6, 6.07) is 6.76. The number of furan rings is 1. The van der Waals surface area contributed by atoms with Crippen LogP contribution in [0.25, 0.3) is 11.0 Å². The summed E-state index contributed by atoms with van der Waals surface area (Å²) in [6.07, 6.45) is 1.07. The van der Waals surface area contributed by atoms with E-state index in [1.807, 2.05) is 0 Å². The summed E-state index contributed by atoms with van der Waals surface area (Å²) in [5, 5.41) is 9.74. The molecule has 0 radical (unpaired) electrons. The predicted octanol–water partition coefficient (Wildman–Crippen LogP) is 1.42. The van der Waals surface area contributed by atoms with Crippen molar-refractivity contribution in [2.24, 2.45) is 0 Å². The van der Waals surface area contributed by atoms with Crippen molar-refractivity contribution in [2.45, 2.75) is 5.75 Å². The zero-order valence-corrected chi connectivity index (χ0v) is 12.9. The van der Waals surface area contributed by atoms with E-state index in [1.165, 1.54) is 0 Å². The largest absolute Gasteiger partial charge is 0.475 e. The quantitative estimate of drug-likeness (QED) is 0.859. The molecule has 1 unspecified atom stereocenters. The Kier molecular flexibility index (Phi) is 4.48. The zero-order chi connectivity index (χ0) is 15.6. The van der Waals surface area contributed by atoms with Gasteiger partial charge in [0.1, 0.15) is 15.4 Å². The molecule has 0 aliphatic carbocycles. The van der Waals surface area contributed by atoms with Crippen molar-refractivity contribution >= 4 is 37.6 Å². The molecule has 2 rings (SSSR count). The molecule has 1 aromatic carbocycles. The van der Waals surface area contributed by atoms with Crippen LogP contribution in [0.4, 0.5) is 0 Å². The summed E-state index contributed by atoms with van der Waals surface area (Å²) in [5.74, 6) is -1.76. The maximum Gasteiger partial charge on any atom is 0.372 e. The predicted molar refractivity (Wildman–Crippen MR) is 79.6 cm³/mol. The molecule has 2 aromatic rings. The van der Waals surface area contributed by atoms with Crippen LogP contribution >= 0.6 is 0 Å². The monoisotopic (exact) mass is 330 g/mol. The van der Waals surface area contributed by atoms with Gasteiger partial charge in [0.25, 0.3) is 0 Å². The number of rotatable bonds is 6. The minimum atomic E-state index is -3.20. The molecule has 0 aliphatic heterocycles. The Morgan fingerprint density at radius 1 is 1.33 bits per heavy atom. The molecule has 1 atom stereocenters. The third-order valence-corrected chi connectivity index (χ3v) is 5.35. The third-order valence-electron chi connectivity index (χ3n) is 2.88. The summed E-state index contributed by atoms with van der Waals surface area (Å²) in [5.41, 5.74) is 0.745. The van der Waals surface area contributed by atoms with E-state index in [-0.39, 0.29) is 23.0 Å². The Hall–Kier alpha value is -1.67. The summed E-state index contributed by atoms with van der Waals surface area (Å²) >= 11 is 0. The van der Waals surface area contributed by atoms with Gasteiger partial charge in [-0.2, -0.15) is 0 Å². The molecule has 0 saturated carbocycles. The van der Waals surface area contributed by atoms with Crippen LogP contribution in [-0.2, 0) is 26.4 Å². The average Bonchev–Trinajstić information content (AvgIpc) is 2.75. The number of hydrogen-bond acceptors (Lipinski definition) is 5. The normalized spacial score (nSPS) is 13.4. The lowest BCUT2D eigenvalue weighted by molar-refractivity contribution is 0.0663. The average molecular weight is 330 g/mol. The smallest absolute Gasteiger partial charge is 0.372 e. The molecular weight excluding hydrogens is 316 g/mol. The second-order valence-electron chi connectivity index (χ2n) is 4.63. The standard InChI is InChI=1S/C13H14O6S2/c1-21(17,18)7-6-20(16)8-10-9-4-2-3-5-11(9)19-12(10)13(14)15/h2-5H,6-8H2,1H3,(H,14,15). The van der Waals surface area contributed by atoms with E-state index in [1.54, 1.807) is 24.3 Å². The topological polar surface area (TPSA) is 102 Å². The van der Waals surface area contributed by atoms with E-state index in [9.17, 15) is 17.4 Å². The number of carboxylic acid groups (broad SMARTS) is 1. The summed E-state index contributed by atoms with van der Waals surface area (Å²) < 4.78 is 39.4. The summed E-state index contributed by atoms with van der Waals surface area (Å²) in [6.45, 7) is 0. The minimum absolute atomic E-state index is 0.0304. The molecule has 1 heterocycles. The van der Waals surface area contributed by atoms with E-state index in [2.05, 4.69) is 0 Å². The van der Waals surface area contributed by atoms with E-state index in [0.717, 1.165) is 6.26 Å². The molecule has 0 spiro atoms. The molecule has 0 fully saturated rings. The van der Waals surface area contributed by atoms with Crippen LogP contribution < -0.4 is 0 Å². The molecule has 8 heteroatoms. The molecule has 0 bridgehead atoms. The number of sulfone groups is 1. The number of fused-ring (bicyclic) bond motifs is 1. The first kappa shape index (κ1) is 15.7. The van der Waals surface area contributed by atoms with Crippen molar-refractivity contribution < 1.29 is 26.9 Å². The van der Waals surface area contributed by atoms with Crippen LogP contribution in [0.15, 0.2) is 28.7 Å². The van der Waals surface area contributed by atoms with Gasteiger partial charge in [0.05, 0.1) is 11.5 Å².